The van der Waals surface area contributed by atoms with Gasteiger partial charge in [0.05, 0.1) is 6.61 Å². The van der Waals surface area contributed by atoms with E-state index in [0.29, 0.717) is 5.25 Å². The fraction of sp³-hybridized carbons (Fsp3) is 0.600. The Morgan fingerprint density at radius 3 is 3.05 bits per heavy atom. The highest BCUT2D eigenvalue weighted by molar-refractivity contribution is 8.00. The van der Waals surface area contributed by atoms with E-state index in [4.69, 9.17) is 0 Å². The Morgan fingerprint density at radius 2 is 2.37 bits per heavy atom. The van der Waals surface area contributed by atoms with E-state index >= 15 is 0 Å². The molecule has 1 aliphatic carbocycles. The van der Waals surface area contributed by atoms with Crippen LogP contribution in [0, 0.1) is 5.82 Å². The maximum absolute atomic E-state index is 13.2. The average molecular weight is 283 g/mol. The molecule has 0 saturated heterocycles. The molecule has 1 aromatic rings. The van der Waals surface area contributed by atoms with Crippen LogP contribution >= 0.6 is 11.8 Å². The van der Waals surface area contributed by atoms with Crippen molar-refractivity contribution < 1.29 is 9.50 Å². The summed E-state index contributed by atoms with van der Waals surface area (Å²) in [5.41, 5.74) is -0.141. The summed E-state index contributed by atoms with van der Waals surface area (Å²) in [6.45, 7) is 3.12. The van der Waals surface area contributed by atoms with Gasteiger partial charge in [-0.1, -0.05) is 19.4 Å². The van der Waals surface area contributed by atoms with Gasteiger partial charge in [-0.05, 0) is 44.0 Å². The number of rotatable bonds is 5. The monoisotopic (exact) mass is 283 g/mol. The number of hydrogen-bond donors (Lipinski definition) is 2. The van der Waals surface area contributed by atoms with Crippen molar-refractivity contribution in [2.24, 2.45) is 0 Å². The lowest BCUT2D eigenvalue weighted by Crippen LogP contribution is -2.52. The van der Waals surface area contributed by atoms with E-state index in [1.807, 2.05) is 6.07 Å². The zero-order valence-corrected chi connectivity index (χ0v) is 12.2. The van der Waals surface area contributed by atoms with E-state index in [0.717, 1.165) is 37.1 Å². The number of aliphatic hydroxyl groups excluding tert-OH is 1. The Morgan fingerprint density at radius 1 is 1.53 bits per heavy atom. The van der Waals surface area contributed by atoms with Crippen LogP contribution in [0.25, 0.3) is 0 Å². The molecule has 2 rings (SSSR count). The predicted molar refractivity (Wildman–Crippen MR) is 78.0 cm³/mol. The van der Waals surface area contributed by atoms with E-state index in [-0.39, 0.29) is 18.0 Å². The van der Waals surface area contributed by atoms with E-state index < -0.39 is 0 Å². The van der Waals surface area contributed by atoms with Crippen LogP contribution in [0.2, 0.25) is 0 Å². The van der Waals surface area contributed by atoms with Crippen molar-refractivity contribution >= 4 is 11.8 Å². The molecular formula is C15H22FNOS. The molecule has 1 aliphatic rings. The summed E-state index contributed by atoms with van der Waals surface area (Å²) < 4.78 is 13.2. The first-order chi connectivity index (χ1) is 9.17. The van der Waals surface area contributed by atoms with Gasteiger partial charge in [-0.15, -0.1) is 11.8 Å². The third kappa shape index (κ3) is 3.94. The van der Waals surface area contributed by atoms with E-state index in [1.54, 1.807) is 23.9 Å². The van der Waals surface area contributed by atoms with Crippen molar-refractivity contribution in [1.82, 2.24) is 5.32 Å². The molecule has 0 amide bonds. The SMILES string of the molecule is CCNC1(CO)CCCC(Sc2cccc(F)c2)C1. The van der Waals surface area contributed by atoms with Crippen LogP contribution in [-0.2, 0) is 0 Å². The highest BCUT2D eigenvalue weighted by Crippen LogP contribution is 2.38. The number of likely N-dealkylation sites (N-methyl/N-ethyl adjacent to an activating group) is 1. The molecule has 0 spiro atoms. The van der Waals surface area contributed by atoms with Crippen LogP contribution in [0.4, 0.5) is 4.39 Å². The smallest absolute Gasteiger partial charge is 0.124 e. The van der Waals surface area contributed by atoms with Crippen molar-refractivity contribution in [1.29, 1.82) is 0 Å². The molecule has 1 aromatic carbocycles. The zero-order chi connectivity index (χ0) is 13.7. The largest absolute Gasteiger partial charge is 0.394 e. The van der Waals surface area contributed by atoms with Crippen LogP contribution in [0.3, 0.4) is 0 Å². The molecule has 2 nitrogen and oxygen atoms in total. The summed E-state index contributed by atoms with van der Waals surface area (Å²) >= 11 is 1.73. The molecule has 1 fully saturated rings. The standard InChI is InChI=1S/C15H22FNOS/c1-2-17-15(11-18)8-4-7-14(10-15)19-13-6-3-5-12(16)9-13/h3,5-6,9,14,17-18H,2,4,7-8,10-11H2,1H3. The Hall–Kier alpha value is -0.580. The first-order valence-corrected chi connectivity index (χ1v) is 7.83. The van der Waals surface area contributed by atoms with Crippen LogP contribution in [0.1, 0.15) is 32.6 Å². The lowest BCUT2D eigenvalue weighted by atomic mass is 9.82. The molecule has 1 saturated carbocycles. The summed E-state index contributed by atoms with van der Waals surface area (Å²) in [6.07, 6.45) is 4.21. The molecule has 106 valence electrons. The third-order valence-corrected chi connectivity index (χ3v) is 5.01. The van der Waals surface area contributed by atoms with Crippen LogP contribution in [0.5, 0.6) is 0 Å². The highest BCUT2D eigenvalue weighted by atomic mass is 32.2. The second-order valence-corrected chi connectivity index (χ2v) is 6.64. The number of thioether (sulfide) groups is 1. The molecule has 0 aliphatic heterocycles. The number of nitrogens with one attached hydrogen (secondary N) is 1. The topological polar surface area (TPSA) is 32.3 Å². The average Bonchev–Trinajstić information content (AvgIpc) is 2.39. The minimum Gasteiger partial charge on any atom is -0.394 e. The fourth-order valence-electron chi connectivity index (χ4n) is 2.88. The summed E-state index contributed by atoms with van der Waals surface area (Å²) in [7, 11) is 0. The molecular weight excluding hydrogens is 261 g/mol. The first kappa shape index (κ1) is 14.8. The maximum Gasteiger partial charge on any atom is 0.124 e. The zero-order valence-electron chi connectivity index (χ0n) is 11.4. The maximum atomic E-state index is 13.2. The van der Waals surface area contributed by atoms with Gasteiger partial charge in [-0.2, -0.15) is 0 Å². The summed E-state index contributed by atoms with van der Waals surface area (Å²) in [4.78, 5) is 0.982. The second-order valence-electron chi connectivity index (χ2n) is 5.26. The lowest BCUT2D eigenvalue weighted by molar-refractivity contribution is 0.125. The van der Waals surface area contributed by atoms with Crippen LogP contribution in [-0.4, -0.2) is 29.0 Å². The molecule has 0 bridgehead atoms. The van der Waals surface area contributed by atoms with E-state index in [2.05, 4.69) is 12.2 Å². The Balaban J connectivity index is 2.01. The minimum absolute atomic E-state index is 0.141. The predicted octanol–water partition coefficient (Wildman–Crippen LogP) is 3.20. The molecule has 2 N–H and O–H groups in total. The Bertz CT molecular complexity index is 411. The van der Waals surface area contributed by atoms with Crippen molar-refractivity contribution in [3.05, 3.63) is 30.1 Å². The summed E-state index contributed by atoms with van der Waals surface area (Å²) in [5.74, 6) is -0.180. The van der Waals surface area contributed by atoms with Gasteiger partial charge in [0.1, 0.15) is 5.82 Å². The Kier molecular flexibility index (Phi) is 5.25. The van der Waals surface area contributed by atoms with Crippen molar-refractivity contribution in [3.8, 4) is 0 Å². The van der Waals surface area contributed by atoms with Gasteiger partial charge < -0.3 is 10.4 Å². The first-order valence-electron chi connectivity index (χ1n) is 6.95. The number of halogens is 1. The van der Waals surface area contributed by atoms with E-state index in [9.17, 15) is 9.50 Å². The molecule has 2 unspecified atom stereocenters. The fourth-order valence-corrected chi connectivity index (χ4v) is 4.29. The highest BCUT2D eigenvalue weighted by Gasteiger charge is 2.35. The van der Waals surface area contributed by atoms with Crippen LogP contribution in [0.15, 0.2) is 29.2 Å². The third-order valence-electron chi connectivity index (χ3n) is 3.75. The summed E-state index contributed by atoms with van der Waals surface area (Å²) in [5, 5.41) is 13.6. The van der Waals surface area contributed by atoms with Gasteiger partial charge in [-0.3, -0.25) is 0 Å². The van der Waals surface area contributed by atoms with Gasteiger partial charge in [0.15, 0.2) is 0 Å². The number of benzene rings is 1. The molecule has 2 atom stereocenters. The van der Waals surface area contributed by atoms with Gasteiger partial charge in [-0.25, -0.2) is 4.39 Å². The van der Waals surface area contributed by atoms with Crippen LogP contribution < -0.4 is 5.32 Å². The van der Waals surface area contributed by atoms with Crippen molar-refractivity contribution in [2.45, 2.75) is 48.3 Å². The quantitative estimate of drug-likeness (QED) is 0.870. The molecule has 0 radical (unpaired) electrons. The van der Waals surface area contributed by atoms with Gasteiger partial charge in [0, 0.05) is 15.7 Å². The molecule has 0 aromatic heterocycles. The normalized spacial score (nSPS) is 27.4. The number of aliphatic hydroxyl groups is 1. The molecule has 0 heterocycles. The Labute approximate surface area is 118 Å². The van der Waals surface area contributed by atoms with Gasteiger partial charge in [0.2, 0.25) is 0 Å². The van der Waals surface area contributed by atoms with Gasteiger partial charge in [0.25, 0.3) is 0 Å². The summed E-state index contributed by atoms with van der Waals surface area (Å²) in [6, 6.07) is 6.77. The van der Waals surface area contributed by atoms with Crippen molar-refractivity contribution in [2.75, 3.05) is 13.2 Å². The van der Waals surface area contributed by atoms with Gasteiger partial charge >= 0.3 is 0 Å². The number of hydrogen-bond acceptors (Lipinski definition) is 3. The molecule has 19 heavy (non-hydrogen) atoms. The minimum atomic E-state index is -0.180. The molecule has 4 heteroatoms. The second kappa shape index (κ2) is 6.73. The lowest BCUT2D eigenvalue weighted by Gasteiger charge is -2.40. The van der Waals surface area contributed by atoms with Crippen molar-refractivity contribution in [3.63, 3.8) is 0 Å². The van der Waals surface area contributed by atoms with E-state index in [1.165, 1.54) is 6.07 Å².